The first-order valence-electron chi connectivity index (χ1n) is 5.88. The van der Waals surface area contributed by atoms with Gasteiger partial charge in [0.1, 0.15) is 0 Å². The number of nitrogens with two attached hydrogens (primary N) is 1. The normalized spacial score (nSPS) is 11.8. The van der Waals surface area contributed by atoms with Gasteiger partial charge >= 0.3 is 0 Å². The van der Waals surface area contributed by atoms with Gasteiger partial charge in [-0.25, -0.2) is 13.1 Å². The number of sulfonamides is 1. The van der Waals surface area contributed by atoms with Gasteiger partial charge < -0.3 is 5.73 Å². The Kier molecular flexibility index (Phi) is 4.39. The van der Waals surface area contributed by atoms with Crippen molar-refractivity contribution in [3.8, 4) is 0 Å². The van der Waals surface area contributed by atoms with E-state index in [0.29, 0.717) is 16.3 Å². The Bertz CT molecular complexity index is 716. The average Bonchev–Trinajstić information content (AvgIpc) is 2.78. The largest absolute Gasteiger partial charge is 0.398 e. The number of hydrogen-bond donors (Lipinski definition) is 2. The molecule has 4 nitrogen and oxygen atoms in total. The number of nitrogen functional groups attached to an aromatic ring is 1. The number of halogens is 1. The van der Waals surface area contributed by atoms with Crippen molar-refractivity contribution >= 4 is 38.6 Å². The molecule has 0 bridgehead atoms. The Morgan fingerprint density at radius 1 is 1.30 bits per heavy atom. The zero-order valence-corrected chi connectivity index (χ0v) is 13.5. The van der Waals surface area contributed by atoms with Crippen LogP contribution in [0.3, 0.4) is 0 Å². The number of rotatable bonds is 4. The van der Waals surface area contributed by atoms with Crippen molar-refractivity contribution in [1.82, 2.24) is 4.72 Å². The summed E-state index contributed by atoms with van der Waals surface area (Å²) in [4.78, 5) is 0.0819. The smallest absolute Gasteiger partial charge is 0.240 e. The highest BCUT2D eigenvalue weighted by atomic mass is 35.5. The van der Waals surface area contributed by atoms with E-state index in [1.54, 1.807) is 18.3 Å². The van der Waals surface area contributed by atoms with E-state index < -0.39 is 10.0 Å². The van der Waals surface area contributed by atoms with Crippen LogP contribution in [0.25, 0.3) is 0 Å². The molecule has 1 aromatic carbocycles. The molecule has 2 aromatic rings. The van der Waals surface area contributed by atoms with Crippen LogP contribution in [-0.2, 0) is 16.6 Å². The molecule has 1 heterocycles. The summed E-state index contributed by atoms with van der Waals surface area (Å²) in [6, 6.07) is 2.83. The number of thiophene rings is 1. The quantitative estimate of drug-likeness (QED) is 0.846. The van der Waals surface area contributed by atoms with Crippen molar-refractivity contribution in [2.45, 2.75) is 25.3 Å². The Morgan fingerprint density at radius 3 is 2.55 bits per heavy atom. The first-order chi connectivity index (χ1) is 9.31. The lowest BCUT2D eigenvalue weighted by Gasteiger charge is -2.10. The fourth-order valence-corrected chi connectivity index (χ4v) is 3.87. The van der Waals surface area contributed by atoms with Gasteiger partial charge in [-0.05, 0) is 53.4 Å². The van der Waals surface area contributed by atoms with Gasteiger partial charge in [0.05, 0.1) is 4.90 Å². The van der Waals surface area contributed by atoms with Crippen LogP contribution in [0.2, 0.25) is 5.02 Å². The first-order valence-corrected chi connectivity index (χ1v) is 8.68. The van der Waals surface area contributed by atoms with Crippen molar-refractivity contribution in [3.63, 3.8) is 0 Å². The predicted molar refractivity (Wildman–Crippen MR) is 83.7 cm³/mol. The summed E-state index contributed by atoms with van der Waals surface area (Å²) in [7, 11) is -3.62. The van der Waals surface area contributed by atoms with E-state index in [-0.39, 0.29) is 11.4 Å². The molecule has 1 aromatic heterocycles. The summed E-state index contributed by atoms with van der Waals surface area (Å²) in [6.45, 7) is 3.94. The van der Waals surface area contributed by atoms with Crippen molar-refractivity contribution < 1.29 is 8.42 Å². The minimum Gasteiger partial charge on any atom is -0.398 e. The van der Waals surface area contributed by atoms with Gasteiger partial charge in [-0.1, -0.05) is 11.6 Å². The highest BCUT2D eigenvalue weighted by molar-refractivity contribution is 7.89. The van der Waals surface area contributed by atoms with Crippen LogP contribution in [0.1, 0.15) is 16.7 Å². The van der Waals surface area contributed by atoms with E-state index in [1.165, 1.54) is 12.1 Å². The molecule has 3 N–H and O–H groups in total. The molecular weight excluding hydrogens is 316 g/mol. The average molecular weight is 331 g/mol. The van der Waals surface area contributed by atoms with Crippen molar-refractivity contribution in [2.24, 2.45) is 0 Å². The summed E-state index contributed by atoms with van der Waals surface area (Å²) >= 11 is 7.52. The lowest BCUT2D eigenvalue weighted by Crippen LogP contribution is -2.23. The Hall–Kier alpha value is -1.08. The third-order valence-corrected chi connectivity index (χ3v) is 5.77. The van der Waals surface area contributed by atoms with Gasteiger partial charge in [0.15, 0.2) is 0 Å². The van der Waals surface area contributed by atoms with E-state index in [2.05, 4.69) is 4.72 Å². The number of aryl methyl sites for hydroxylation is 1. The number of anilines is 1. The van der Waals surface area contributed by atoms with E-state index >= 15 is 0 Å². The monoisotopic (exact) mass is 330 g/mol. The van der Waals surface area contributed by atoms with Crippen molar-refractivity contribution in [3.05, 3.63) is 44.6 Å². The predicted octanol–water partition coefficient (Wildman–Crippen LogP) is 3.08. The fraction of sp³-hybridized carbons (Fsp3) is 0.231. The Morgan fingerprint density at radius 2 is 2.00 bits per heavy atom. The molecule has 0 atom stereocenters. The van der Waals surface area contributed by atoms with Crippen LogP contribution >= 0.6 is 22.9 Å². The summed E-state index contributed by atoms with van der Waals surface area (Å²) < 4.78 is 27.0. The van der Waals surface area contributed by atoms with Crippen LogP contribution in [0.4, 0.5) is 5.69 Å². The van der Waals surface area contributed by atoms with E-state index in [1.807, 2.05) is 17.7 Å². The summed E-state index contributed by atoms with van der Waals surface area (Å²) in [5, 5.41) is 4.25. The standard InChI is InChI=1S/C13H15ClN2O2S2/c1-8-6-19-7-10(8)5-16-20(17,18)11-3-12(14)9(2)13(15)4-11/h3-4,6-7,16H,5,15H2,1-2H3. The molecule has 2 rings (SSSR count). The zero-order valence-electron chi connectivity index (χ0n) is 11.1. The van der Waals surface area contributed by atoms with Crippen LogP contribution in [0.15, 0.2) is 27.8 Å². The second-order valence-electron chi connectivity index (χ2n) is 4.52. The van der Waals surface area contributed by atoms with E-state index in [0.717, 1.165) is 11.1 Å². The molecule has 0 aliphatic heterocycles. The minimum atomic E-state index is -3.62. The van der Waals surface area contributed by atoms with Crippen molar-refractivity contribution in [2.75, 3.05) is 5.73 Å². The number of nitrogens with one attached hydrogen (secondary N) is 1. The summed E-state index contributed by atoms with van der Waals surface area (Å²) in [5.41, 5.74) is 8.83. The van der Waals surface area contributed by atoms with Crippen LogP contribution in [0, 0.1) is 13.8 Å². The van der Waals surface area contributed by atoms with Gasteiger partial charge in [-0.15, -0.1) is 0 Å². The lowest BCUT2D eigenvalue weighted by molar-refractivity contribution is 0.581. The minimum absolute atomic E-state index is 0.0819. The molecule has 0 saturated heterocycles. The van der Waals surface area contributed by atoms with Gasteiger partial charge in [0, 0.05) is 17.3 Å². The SMILES string of the molecule is Cc1cscc1CNS(=O)(=O)c1cc(N)c(C)c(Cl)c1. The molecule has 108 valence electrons. The van der Waals surface area contributed by atoms with Crippen LogP contribution < -0.4 is 10.5 Å². The maximum atomic E-state index is 12.2. The second-order valence-corrected chi connectivity index (χ2v) is 7.44. The third-order valence-electron chi connectivity index (χ3n) is 3.08. The fourth-order valence-electron chi connectivity index (χ4n) is 1.65. The Balaban J connectivity index is 2.25. The van der Waals surface area contributed by atoms with Gasteiger partial charge in [0.2, 0.25) is 10.0 Å². The molecule has 20 heavy (non-hydrogen) atoms. The highest BCUT2D eigenvalue weighted by Crippen LogP contribution is 2.26. The molecule has 0 aliphatic rings. The molecule has 0 radical (unpaired) electrons. The van der Waals surface area contributed by atoms with Crippen LogP contribution in [-0.4, -0.2) is 8.42 Å². The molecular formula is C13H15ClN2O2S2. The molecule has 0 aliphatic carbocycles. The Labute approximate surface area is 127 Å². The number of benzene rings is 1. The second kappa shape index (κ2) is 5.73. The van der Waals surface area contributed by atoms with Gasteiger partial charge in [0.25, 0.3) is 0 Å². The van der Waals surface area contributed by atoms with Gasteiger partial charge in [-0.2, -0.15) is 11.3 Å². The first kappa shape index (κ1) is 15.3. The molecule has 0 unspecified atom stereocenters. The van der Waals surface area contributed by atoms with Gasteiger partial charge in [-0.3, -0.25) is 0 Å². The van der Waals surface area contributed by atoms with E-state index in [4.69, 9.17) is 17.3 Å². The third kappa shape index (κ3) is 3.15. The lowest BCUT2D eigenvalue weighted by atomic mass is 10.2. The maximum Gasteiger partial charge on any atom is 0.240 e. The summed E-state index contributed by atoms with van der Waals surface area (Å²) in [6.07, 6.45) is 0. The molecule has 0 spiro atoms. The molecule has 0 amide bonds. The number of hydrogen-bond acceptors (Lipinski definition) is 4. The molecule has 0 saturated carbocycles. The van der Waals surface area contributed by atoms with Crippen molar-refractivity contribution in [1.29, 1.82) is 0 Å². The van der Waals surface area contributed by atoms with E-state index in [9.17, 15) is 8.42 Å². The maximum absolute atomic E-state index is 12.2. The molecule has 0 fully saturated rings. The van der Waals surface area contributed by atoms with Crippen LogP contribution in [0.5, 0.6) is 0 Å². The summed E-state index contributed by atoms with van der Waals surface area (Å²) in [5.74, 6) is 0. The topological polar surface area (TPSA) is 72.2 Å². The zero-order chi connectivity index (χ0) is 14.9. The molecule has 7 heteroatoms. The highest BCUT2D eigenvalue weighted by Gasteiger charge is 2.17.